The topological polar surface area (TPSA) is 38.3 Å². The molecule has 18 heavy (non-hydrogen) atoms. The Labute approximate surface area is 117 Å². The van der Waals surface area contributed by atoms with Crippen molar-refractivity contribution in [1.82, 2.24) is 5.32 Å². The Balaban J connectivity index is 2.62. The first-order chi connectivity index (χ1) is 8.52. The Bertz CT molecular complexity index is 393. The Kier molecular flexibility index (Phi) is 6.19. The SMILES string of the molecule is CC(CBr)CNC(=O)c1cccc(OC(C)C)c1. The Morgan fingerprint density at radius 2 is 2.11 bits per heavy atom. The smallest absolute Gasteiger partial charge is 0.251 e. The lowest BCUT2D eigenvalue weighted by Crippen LogP contribution is -2.28. The Morgan fingerprint density at radius 1 is 1.39 bits per heavy atom. The van der Waals surface area contributed by atoms with Gasteiger partial charge in [0, 0.05) is 17.4 Å². The lowest BCUT2D eigenvalue weighted by molar-refractivity contribution is 0.0948. The van der Waals surface area contributed by atoms with Gasteiger partial charge in [0.05, 0.1) is 6.10 Å². The van der Waals surface area contributed by atoms with Crippen molar-refractivity contribution in [2.45, 2.75) is 26.9 Å². The highest BCUT2D eigenvalue weighted by molar-refractivity contribution is 9.09. The van der Waals surface area contributed by atoms with E-state index in [1.807, 2.05) is 26.0 Å². The second-order valence-electron chi connectivity index (χ2n) is 4.66. The molecule has 0 aliphatic rings. The molecule has 1 amide bonds. The fourth-order valence-electron chi connectivity index (χ4n) is 1.41. The van der Waals surface area contributed by atoms with E-state index in [-0.39, 0.29) is 12.0 Å². The summed E-state index contributed by atoms with van der Waals surface area (Å²) in [4.78, 5) is 11.9. The van der Waals surface area contributed by atoms with Gasteiger partial charge in [-0.15, -0.1) is 0 Å². The molecule has 0 aromatic heterocycles. The van der Waals surface area contributed by atoms with Crippen molar-refractivity contribution < 1.29 is 9.53 Å². The first-order valence-corrected chi connectivity index (χ1v) is 7.26. The highest BCUT2D eigenvalue weighted by Gasteiger charge is 2.08. The summed E-state index contributed by atoms with van der Waals surface area (Å²) in [5.41, 5.74) is 0.634. The van der Waals surface area contributed by atoms with Crippen LogP contribution in [0.5, 0.6) is 5.75 Å². The summed E-state index contributed by atoms with van der Waals surface area (Å²) in [5, 5.41) is 3.78. The molecule has 0 aliphatic carbocycles. The minimum atomic E-state index is -0.0583. The molecule has 0 radical (unpaired) electrons. The molecule has 0 aliphatic heterocycles. The van der Waals surface area contributed by atoms with Gasteiger partial charge in [-0.2, -0.15) is 0 Å². The quantitative estimate of drug-likeness (QED) is 0.819. The number of hydrogen-bond donors (Lipinski definition) is 1. The van der Waals surface area contributed by atoms with Crippen LogP contribution in [0.4, 0.5) is 0 Å². The first kappa shape index (κ1) is 15.0. The predicted octanol–water partition coefficient (Wildman–Crippen LogP) is 3.23. The number of benzene rings is 1. The molecule has 0 bridgehead atoms. The number of alkyl halides is 1. The number of amides is 1. The Hall–Kier alpha value is -1.03. The second kappa shape index (κ2) is 7.41. The number of carbonyl (C=O) groups is 1. The van der Waals surface area contributed by atoms with Crippen LogP contribution in [0.15, 0.2) is 24.3 Å². The molecule has 1 aromatic carbocycles. The van der Waals surface area contributed by atoms with Gasteiger partial charge in [0.1, 0.15) is 5.75 Å². The maximum atomic E-state index is 11.9. The van der Waals surface area contributed by atoms with Crippen molar-refractivity contribution >= 4 is 21.8 Å². The van der Waals surface area contributed by atoms with Crippen LogP contribution in [0.1, 0.15) is 31.1 Å². The minimum absolute atomic E-state index is 0.0583. The normalized spacial score (nSPS) is 12.3. The number of carbonyl (C=O) groups excluding carboxylic acids is 1. The van der Waals surface area contributed by atoms with Crippen LogP contribution in [-0.4, -0.2) is 23.9 Å². The third-order valence-corrected chi connectivity index (χ3v) is 3.45. The fourth-order valence-corrected chi connectivity index (χ4v) is 1.64. The zero-order chi connectivity index (χ0) is 13.5. The summed E-state index contributed by atoms with van der Waals surface area (Å²) in [7, 11) is 0. The molecule has 0 saturated heterocycles. The zero-order valence-corrected chi connectivity index (χ0v) is 12.7. The summed E-state index contributed by atoms with van der Waals surface area (Å²) >= 11 is 3.39. The number of ether oxygens (including phenoxy) is 1. The lowest BCUT2D eigenvalue weighted by atomic mass is 10.2. The second-order valence-corrected chi connectivity index (χ2v) is 5.31. The maximum absolute atomic E-state index is 11.9. The van der Waals surface area contributed by atoms with Crippen LogP contribution >= 0.6 is 15.9 Å². The molecule has 1 rings (SSSR count). The molecule has 0 fully saturated rings. The first-order valence-electron chi connectivity index (χ1n) is 6.13. The van der Waals surface area contributed by atoms with E-state index >= 15 is 0 Å². The van der Waals surface area contributed by atoms with Gasteiger partial charge in [0.2, 0.25) is 0 Å². The van der Waals surface area contributed by atoms with Crippen LogP contribution < -0.4 is 10.1 Å². The van der Waals surface area contributed by atoms with Crippen molar-refractivity contribution in [2.75, 3.05) is 11.9 Å². The van der Waals surface area contributed by atoms with Crippen LogP contribution in [0.2, 0.25) is 0 Å². The summed E-state index contributed by atoms with van der Waals surface area (Å²) < 4.78 is 5.56. The summed E-state index contributed by atoms with van der Waals surface area (Å²) in [6.07, 6.45) is 0.108. The van der Waals surface area contributed by atoms with Crippen LogP contribution in [-0.2, 0) is 0 Å². The molecule has 3 nitrogen and oxygen atoms in total. The fraction of sp³-hybridized carbons (Fsp3) is 0.500. The molecule has 1 atom stereocenters. The van der Waals surface area contributed by atoms with Crippen molar-refractivity contribution in [3.05, 3.63) is 29.8 Å². The van der Waals surface area contributed by atoms with E-state index in [0.717, 1.165) is 11.1 Å². The van der Waals surface area contributed by atoms with Crippen LogP contribution in [0.25, 0.3) is 0 Å². The number of halogens is 1. The summed E-state index contributed by atoms with van der Waals surface area (Å²) in [6, 6.07) is 7.26. The molecule has 100 valence electrons. The standard InChI is InChI=1S/C14H20BrNO2/c1-10(2)18-13-6-4-5-12(7-13)14(17)16-9-11(3)8-15/h4-7,10-11H,8-9H2,1-3H3,(H,16,17). The zero-order valence-electron chi connectivity index (χ0n) is 11.1. The van der Waals surface area contributed by atoms with E-state index in [9.17, 15) is 4.79 Å². The third kappa shape index (κ3) is 5.08. The Morgan fingerprint density at radius 3 is 2.72 bits per heavy atom. The van der Waals surface area contributed by atoms with Crippen molar-refractivity contribution in [2.24, 2.45) is 5.92 Å². The minimum Gasteiger partial charge on any atom is -0.491 e. The molecular formula is C14H20BrNO2. The van der Waals surface area contributed by atoms with Crippen molar-refractivity contribution in [1.29, 1.82) is 0 Å². The molecule has 0 spiro atoms. The monoisotopic (exact) mass is 313 g/mol. The summed E-state index contributed by atoms with van der Waals surface area (Å²) in [5.74, 6) is 1.09. The van der Waals surface area contributed by atoms with Gasteiger partial charge in [-0.25, -0.2) is 0 Å². The van der Waals surface area contributed by atoms with E-state index in [1.165, 1.54) is 0 Å². The van der Waals surface area contributed by atoms with Crippen LogP contribution in [0.3, 0.4) is 0 Å². The lowest BCUT2D eigenvalue weighted by Gasteiger charge is -2.12. The number of hydrogen-bond acceptors (Lipinski definition) is 2. The molecule has 0 saturated carbocycles. The molecular weight excluding hydrogens is 294 g/mol. The number of rotatable bonds is 6. The van der Waals surface area contributed by atoms with Gasteiger partial charge in [-0.05, 0) is 38.0 Å². The summed E-state index contributed by atoms with van der Waals surface area (Å²) in [6.45, 7) is 6.67. The molecule has 4 heteroatoms. The predicted molar refractivity (Wildman–Crippen MR) is 77.5 cm³/mol. The molecule has 1 N–H and O–H groups in total. The van der Waals surface area contributed by atoms with E-state index in [4.69, 9.17) is 4.74 Å². The van der Waals surface area contributed by atoms with Crippen molar-refractivity contribution in [3.63, 3.8) is 0 Å². The molecule has 1 unspecified atom stereocenters. The highest BCUT2D eigenvalue weighted by atomic mass is 79.9. The third-order valence-electron chi connectivity index (χ3n) is 2.34. The van der Waals surface area contributed by atoms with Gasteiger partial charge in [-0.3, -0.25) is 4.79 Å². The average molecular weight is 314 g/mol. The van der Waals surface area contributed by atoms with E-state index < -0.39 is 0 Å². The van der Waals surface area contributed by atoms with E-state index in [2.05, 4.69) is 28.2 Å². The van der Waals surface area contributed by atoms with Gasteiger partial charge in [-0.1, -0.05) is 28.9 Å². The largest absolute Gasteiger partial charge is 0.491 e. The molecule has 1 aromatic rings. The highest BCUT2D eigenvalue weighted by Crippen LogP contribution is 2.14. The number of nitrogens with one attached hydrogen (secondary N) is 1. The van der Waals surface area contributed by atoms with Gasteiger partial charge < -0.3 is 10.1 Å². The van der Waals surface area contributed by atoms with Gasteiger partial charge >= 0.3 is 0 Å². The van der Waals surface area contributed by atoms with Gasteiger partial charge in [0.15, 0.2) is 0 Å². The van der Waals surface area contributed by atoms with E-state index in [0.29, 0.717) is 18.0 Å². The molecule has 0 heterocycles. The maximum Gasteiger partial charge on any atom is 0.251 e. The average Bonchev–Trinajstić information content (AvgIpc) is 2.35. The van der Waals surface area contributed by atoms with Crippen molar-refractivity contribution in [3.8, 4) is 5.75 Å². The van der Waals surface area contributed by atoms with Crippen LogP contribution in [0, 0.1) is 5.92 Å². The van der Waals surface area contributed by atoms with Gasteiger partial charge in [0.25, 0.3) is 5.91 Å². The van der Waals surface area contributed by atoms with E-state index in [1.54, 1.807) is 12.1 Å².